The van der Waals surface area contributed by atoms with Crippen LogP contribution in [0.4, 0.5) is 10.1 Å². The Morgan fingerprint density at radius 2 is 2.19 bits per heavy atom. The molecule has 0 fully saturated rings. The maximum absolute atomic E-state index is 13.6. The lowest BCUT2D eigenvalue weighted by atomic mass is 10.0. The number of hydrogen-bond donors (Lipinski definition) is 1. The highest BCUT2D eigenvalue weighted by molar-refractivity contribution is 9.10. The summed E-state index contributed by atoms with van der Waals surface area (Å²) in [5.41, 5.74) is 0.369. The summed E-state index contributed by atoms with van der Waals surface area (Å²) in [5.74, 6) is -0.604. The van der Waals surface area contributed by atoms with E-state index in [9.17, 15) is 9.18 Å². The van der Waals surface area contributed by atoms with Crippen LogP contribution in [-0.4, -0.2) is 12.0 Å². The first-order valence-electron chi connectivity index (χ1n) is 4.95. The lowest BCUT2D eigenvalue weighted by Gasteiger charge is -2.28. The predicted octanol–water partition coefficient (Wildman–Crippen LogP) is 2.94. The Labute approximate surface area is 101 Å². The molecule has 0 aromatic heterocycles. The van der Waals surface area contributed by atoms with Crippen molar-refractivity contribution >= 4 is 27.5 Å². The fraction of sp³-hybridized carbons (Fsp3) is 0.364. The molecule has 1 N–H and O–H groups in total. The van der Waals surface area contributed by atoms with E-state index in [1.54, 1.807) is 6.07 Å². The minimum atomic E-state index is -0.636. The minimum Gasteiger partial charge on any atom is -0.475 e. The van der Waals surface area contributed by atoms with Gasteiger partial charge >= 0.3 is 0 Å². The summed E-state index contributed by atoms with van der Waals surface area (Å²) >= 11 is 3.16. The second-order valence-corrected chi connectivity index (χ2v) is 4.95. The summed E-state index contributed by atoms with van der Waals surface area (Å²) in [6.45, 7) is 3.71. The zero-order valence-electron chi connectivity index (χ0n) is 8.88. The molecule has 3 nitrogen and oxygen atoms in total. The molecule has 1 amide bonds. The van der Waals surface area contributed by atoms with Crippen LogP contribution in [0.15, 0.2) is 16.6 Å². The monoisotopic (exact) mass is 287 g/mol. The van der Waals surface area contributed by atoms with Crippen molar-refractivity contribution in [3.05, 3.63) is 22.4 Å². The summed E-state index contributed by atoms with van der Waals surface area (Å²) in [4.78, 5) is 11.6. The first kappa shape index (κ1) is 11.4. The first-order chi connectivity index (χ1) is 7.49. The summed E-state index contributed by atoms with van der Waals surface area (Å²) in [7, 11) is 0. The summed E-state index contributed by atoms with van der Waals surface area (Å²) in [6.07, 6.45) is -0.636. The van der Waals surface area contributed by atoms with Crippen molar-refractivity contribution < 1.29 is 13.9 Å². The van der Waals surface area contributed by atoms with Crippen LogP contribution >= 0.6 is 15.9 Å². The van der Waals surface area contributed by atoms with Crippen molar-refractivity contribution in [3.8, 4) is 5.75 Å². The summed E-state index contributed by atoms with van der Waals surface area (Å²) < 4.78 is 19.5. The van der Waals surface area contributed by atoms with Crippen LogP contribution in [0, 0.1) is 11.7 Å². The molecule has 1 aromatic carbocycles. The van der Waals surface area contributed by atoms with Gasteiger partial charge in [0.25, 0.3) is 5.91 Å². The average Bonchev–Trinajstić information content (AvgIpc) is 2.15. The van der Waals surface area contributed by atoms with Crippen LogP contribution in [0.2, 0.25) is 0 Å². The number of anilines is 1. The van der Waals surface area contributed by atoms with E-state index in [1.165, 1.54) is 6.07 Å². The zero-order chi connectivity index (χ0) is 11.9. The highest BCUT2D eigenvalue weighted by Gasteiger charge is 2.32. The lowest BCUT2D eigenvalue weighted by molar-refractivity contribution is -0.125. The molecule has 0 saturated heterocycles. The van der Waals surface area contributed by atoms with E-state index in [1.807, 2.05) is 13.8 Å². The molecule has 1 heterocycles. The maximum atomic E-state index is 13.6. The Bertz CT molecular complexity index is 448. The quantitative estimate of drug-likeness (QED) is 0.862. The van der Waals surface area contributed by atoms with E-state index in [2.05, 4.69) is 21.2 Å². The van der Waals surface area contributed by atoms with Gasteiger partial charge in [-0.05, 0) is 18.1 Å². The Morgan fingerprint density at radius 3 is 2.81 bits per heavy atom. The molecule has 1 aromatic rings. The van der Waals surface area contributed by atoms with E-state index in [4.69, 9.17) is 4.74 Å². The van der Waals surface area contributed by atoms with Crippen molar-refractivity contribution in [2.75, 3.05) is 5.32 Å². The molecule has 0 aliphatic carbocycles. The molecule has 1 atom stereocenters. The number of rotatable bonds is 1. The van der Waals surface area contributed by atoms with Crippen LogP contribution in [0.5, 0.6) is 5.75 Å². The Morgan fingerprint density at radius 1 is 1.50 bits per heavy atom. The normalized spacial score (nSPS) is 19.1. The molecule has 0 radical (unpaired) electrons. The van der Waals surface area contributed by atoms with Gasteiger partial charge in [0.05, 0.1) is 5.69 Å². The van der Waals surface area contributed by atoms with Crippen LogP contribution < -0.4 is 10.1 Å². The SMILES string of the molecule is CC(C)C1Oc2c(F)cc(Br)cc2NC1=O. The molecule has 1 unspecified atom stereocenters. The molecule has 0 bridgehead atoms. The Balaban J connectivity index is 2.43. The molecular weight excluding hydrogens is 277 g/mol. The molecule has 86 valence electrons. The largest absolute Gasteiger partial charge is 0.475 e. The third-order valence-corrected chi connectivity index (χ3v) is 2.83. The van der Waals surface area contributed by atoms with Gasteiger partial charge in [-0.1, -0.05) is 29.8 Å². The van der Waals surface area contributed by atoms with E-state index >= 15 is 0 Å². The van der Waals surface area contributed by atoms with Crippen molar-refractivity contribution in [2.24, 2.45) is 5.92 Å². The molecular formula is C11H11BrFNO2. The van der Waals surface area contributed by atoms with Gasteiger partial charge < -0.3 is 10.1 Å². The highest BCUT2D eigenvalue weighted by Crippen LogP contribution is 2.36. The van der Waals surface area contributed by atoms with E-state index in [-0.39, 0.29) is 17.6 Å². The topological polar surface area (TPSA) is 38.3 Å². The summed E-state index contributed by atoms with van der Waals surface area (Å²) in [5, 5.41) is 2.64. The zero-order valence-corrected chi connectivity index (χ0v) is 10.5. The Kier molecular flexibility index (Phi) is 2.88. The second kappa shape index (κ2) is 4.05. The van der Waals surface area contributed by atoms with Gasteiger partial charge in [0.15, 0.2) is 17.7 Å². The molecule has 5 heteroatoms. The number of carbonyl (C=O) groups excluding carboxylic acids is 1. The number of nitrogens with one attached hydrogen (secondary N) is 1. The van der Waals surface area contributed by atoms with E-state index in [0.717, 1.165) is 0 Å². The van der Waals surface area contributed by atoms with E-state index in [0.29, 0.717) is 10.2 Å². The van der Waals surface area contributed by atoms with Crippen LogP contribution in [-0.2, 0) is 4.79 Å². The Hall–Kier alpha value is -1.10. The van der Waals surface area contributed by atoms with Crippen molar-refractivity contribution in [1.29, 1.82) is 0 Å². The third-order valence-electron chi connectivity index (χ3n) is 2.37. The third kappa shape index (κ3) is 1.91. The molecule has 16 heavy (non-hydrogen) atoms. The maximum Gasteiger partial charge on any atom is 0.265 e. The van der Waals surface area contributed by atoms with Gasteiger partial charge in [0.1, 0.15) is 0 Å². The van der Waals surface area contributed by atoms with Crippen molar-refractivity contribution in [1.82, 2.24) is 0 Å². The smallest absolute Gasteiger partial charge is 0.265 e. The second-order valence-electron chi connectivity index (χ2n) is 4.04. The number of amides is 1. The van der Waals surface area contributed by atoms with Gasteiger partial charge in [-0.25, -0.2) is 4.39 Å². The fourth-order valence-corrected chi connectivity index (χ4v) is 2.03. The molecule has 0 spiro atoms. The number of benzene rings is 1. The van der Waals surface area contributed by atoms with Gasteiger partial charge in [-0.3, -0.25) is 4.79 Å². The average molecular weight is 288 g/mol. The minimum absolute atomic E-state index is 0.00352. The van der Waals surface area contributed by atoms with Crippen LogP contribution in [0.25, 0.3) is 0 Å². The molecule has 2 rings (SSSR count). The van der Waals surface area contributed by atoms with Crippen LogP contribution in [0.3, 0.4) is 0 Å². The standard InChI is InChI=1S/C11H11BrFNO2/c1-5(2)9-11(15)14-8-4-6(12)3-7(13)10(8)16-9/h3-5,9H,1-2H3,(H,14,15). The number of ether oxygens (including phenoxy) is 1. The van der Waals surface area contributed by atoms with E-state index < -0.39 is 11.9 Å². The van der Waals surface area contributed by atoms with Gasteiger partial charge in [0.2, 0.25) is 0 Å². The first-order valence-corrected chi connectivity index (χ1v) is 5.75. The molecule has 1 aliphatic rings. The van der Waals surface area contributed by atoms with Gasteiger partial charge in [0, 0.05) is 4.47 Å². The van der Waals surface area contributed by atoms with Crippen LogP contribution in [0.1, 0.15) is 13.8 Å². The summed E-state index contributed by atoms with van der Waals surface area (Å²) in [6, 6.07) is 2.93. The number of halogens is 2. The predicted molar refractivity (Wildman–Crippen MR) is 62.0 cm³/mol. The highest BCUT2D eigenvalue weighted by atomic mass is 79.9. The molecule has 1 aliphatic heterocycles. The lowest BCUT2D eigenvalue weighted by Crippen LogP contribution is -2.40. The van der Waals surface area contributed by atoms with Gasteiger partial charge in [-0.2, -0.15) is 0 Å². The fourth-order valence-electron chi connectivity index (χ4n) is 1.60. The number of fused-ring (bicyclic) bond motifs is 1. The molecule has 0 saturated carbocycles. The number of hydrogen-bond acceptors (Lipinski definition) is 2. The van der Waals surface area contributed by atoms with Crippen molar-refractivity contribution in [3.63, 3.8) is 0 Å². The van der Waals surface area contributed by atoms with Gasteiger partial charge in [-0.15, -0.1) is 0 Å². The van der Waals surface area contributed by atoms with Crippen molar-refractivity contribution in [2.45, 2.75) is 20.0 Å². The number of carbonyl (C=O) groups is 1.